The molecule has 1 atom stereocenters. The highest BCUT2D eigenvalue weighted by atomic mass is 14.9. The second-order valence-electron chi connectivity index (χ2n) is 3.29. The topological polar surface area (TPSA) is 12.0 Å². The maximum atomic E-state index is 3.42. The largest absolute Gasteiger partial charge is 0.388 e. The van der Waals surface area contributed by atoms with Gasteiger partial charge in [0.1, 0.15) is 0 Å². The van der Waals surface area contributed by atoms with Crippen molar-refractivity contribution >= 4 is 0 Å². The van der Waals surface area contributed by atoms with Crippen LogP contribution in [0.25, 0.3) is 0 Å². The van der Waals surface area contributed by atoms with Gasteiger partial charge in [0.25, 0.3) is 0 Å². The van der Waals surface area contributed by atoms with E-state index in [1.807, 2.05) is 0 Å². The summed E-state index contributed by atoms with van der Waals surface area (Å²) < 4.78 is 0. The quantitative estimate of drug-likeness (QED) is 0.615. The highest BCUT2D eigenvalue weighted by Crippen LogP contribution is 2.06. The summed E-state index contributed by atoms with van der Waals surface area (Å²) in [4.78, 5) is 0. The van der Waals surface area contributed by atoms with Crippen LogP contribution in [-0.4, -0.2) is 6.04 Å². The summed E-state index contributed by atoms with van der Waals surface area (Å²) >= 11 is 0. The van der Waals surface area contributed by atoms with Crippen LogP contribution in [-0.2, 0) is 0 Å². The van der Waals surface area contributed by atoms with E-state index in [4.69, 9.17) is 0 Å². The number of allylic oxidation sites excluding steroid dienone is 1. The molecule has 0 radical (unpaired) electrons. The summed E-state index contributed by atoms with van der Waals surface area (Å²) in [7, 11) is 0. The number of unbranched alkanes of at least 4 members (excludes halogenated alkanes) is 1. The zero-order valence-corrected chi connectivity index (χ0v) is 8.77. The Morgan fingerprint density at radius 1 is 1.17 bits per heavy atom. The number of nitrogens with one attached hydrogen (secondary N) is 1. The van der Waals surface area contributed by atoms with Crippen LogP contribution in [0.5, 0.6) is 0 Å². The first-order valence-electron chi connectivity index (χ1n) is 5.22. The molecule has 0 aliphatic rings. The Morgan fingerprint density at radius 2 is 1.92 bits per heavy atom. The van der Waals surface area contributed by atoms with Gasteiger partial charge in [-0.3, -0.25) is 0 Å². The molecule has 0 aromatic carbocycles. The first-order valence-corrected chi connectivity index (χ1v) is 5.22. The maximum absolute atomic E-state index is 3.42. The Hall–Kier alpha value is -0.460. The molecule has 1 heteroatoms. The van der Waals surface area contributed by atoms with E-state index in [1.165, 1.54) is 32.1 Å². The van der Waals surface area contributed by atoms with Crippen molar-refractivity contribution in [1.82, 2.24) is 5.32 Å². The molecule has 0 bridgehead atoms. The lowest BCUT2D eigenvalue weighted by molar-refractivity contribution is 0.481. The van der Waals surface area contributed by atoms with Gasteiger partial charge in [0.05, 0.1) is 0 Å². The lowest BCUT2D eigenvalue weighted by atomic mass is 10.1. The van der Waals surface area contributed by atoms with Gasteiger partial charge in [-0.1, -0.05) is 39.2 Å². The highest BCUT2D eigenvalue weighted by Gasteiger charge is 2.02. The van der Waals surface area contributed by atoms with Gasteiger partial charge in [-0.05, 0) is 26.0 Å². The third kappa shape index (κ3) is 6.26. The Bertz CT molecular complexity index is 108. The summed E-state index contributed by atoms with van der Waals surface area (Å²) in [6, 6.07) is 0.700. The molecule has 0 rings (SSSR count). The van der Waals surface area contributed by atoms with Gasteiger partial charge in [0.2, 0.25) is 0 Å². The summed E-state index contributed by atoms with van der Waals surface area (Å²) in [6.07, 6.45) is 10.7. The smallest absolute Gasteiger partial charge is 0.0255 e. The van der Waals surface area contributed by atoms with Crippen molar-refractivity contribution in [2.24, 2.45) is 0 Å². The second-order valence-corrected chi connectivity index (χ2v) is 3.29. The van der Waals surface area contributed by atoms with Crippen LogP contribution in [0.3, 0.4) is 0 Å². The molecule has 12 heavy (non-hydrogen) atoms. The molecule has 0 aromatic rings. The highest BCUT2D eigenvalue weighted by molar-refractivity contribution is 4.79. The van der Waals surface area contributed by atoms with Crippen molar-refractivity contribution in [3.05, 3.63) is 12.3 Å². The molecule has 0 aliphatic carbocycles. The van der Waals surface area contributed by atoms with Crippen LogP contribution in [0.2, 0.25) is 0 Å². The first-order chi connectivity index (χ1) is 5.85. The third-order valence-corrected chi connectivity index (χ3v) is 2.04. The van der Waals surface area contributed by atoms with Gasteiger partial charge in [0, 0.05) is 6.04 Å². The maximum Gasteiger partial charge on any atom is 0.0255 e. The van der Waals surface area contributed by atoms with E-state index in [-0.39, 0.29) is 0 Å². The Labute approximate surface area is 77.2 Å². The molecule has 1 N–H and O–H groups in total. The minimum atomic E-state index is 0.700. The summed E-state index contributed by atoms with van der Waals surface area (Å²) in [5, 5.41) is 3.42. The van der Waals surface area contributed by atoms with Crippen LogP contribution in [0.15, 0.2) is 12.3 Å². The van der Waals surface area contributed by atoms with Crippen molar-refractivity contribution in [3.63, 3.8) is 0 Å². The van der Waals surface area contributed by atoms with Crippen LogP contribution < -0.4 is 5.32 Å². The Morgan fingerprint density at radius 3 is 2.42 bits per heavy atom. The van der Waals surface area contributed by atoms with E-state index in [1.54, 1.807) is 0 Å². The van der Waals surface area contributed by atoms with Crippen molar-refractivity contribution in [2.75, 3.05) is 0 Å². The normalized spacial score (nSPS) is 13.6. The number of hydrogen-bond acceptors (Lipinski definition) is 1. The van der Waals surface area contributed by atoms with Crippen molar-refractivity contribution in [2.45, 2.75) is 58.9 Å². The van der Waals surface area contributed by atoms with Gasteiger partial charge in [-0.2, -0.15) is 0 Å². The zero-order chi connectivity index (χ0) is 9.23. The predicted octanol–water partition coefficient (Wildman–Crippen LogP) is 3.47. The molecule has 1 nitrogen and oxygen atoms in total. The molecular weight excluding hydrogens is 146 g/mol. The van der Waals surface area contributed by atoms with Gasteiger partial charge in [0.15, 0.2) is 0 Å². The monoisotopic (exact) mass is 169 g/mol. The third-order valence-electron chi connectivity index (χ3n) is 2.04. The lowest BCUT2D eigenvalue weighted by Gasteiger charge is -2.15. The summed E-state index contributed by atoms with van der Waals surface area (Å²) in [5.74, 6) is 0. The number of rotatable bonds is 7. The van der Waals surface area contributed by atoms with E-state index in [2.05, 4.69) is 38.4 Å². The second kappa shape index (κ2) is 8.63. The molecule has 0 fully saturated rings. The van der Waals surface area contributed by atoms with Crippen LogP contribution in [0.1, 0.15) is 52.9 Å². The molecule has 0 saturated heterocycles. The van der Waals surface area contributed by atoms with Gasteiger partial charge >= 0.3 is 0 Å². The molecule has 0 saturated carbocycles. The Kier molecular flexibility index (Phi) is 8.30. The molecule has 0 spiro atoms. The van der Waals surface area contributed by atoms with E-state index in [0.29, 0.717) is 6.04 Å². The minimum absolute atomic E-state index is 0.700. The van der Waals surface area contributed by atoms with Gasteiger partial charge < -0.3 is 5.32 Å². The van der Waals surface area contributed by atoms with Crippen molar-refractivity contribution < 1.29 is 0 Å². The first kappa shape index (κ1) is 11.5. The molecule has 0 heterocycles. The molecule has 0 aliphatic heterocycles. The predicted molar refractivity (Wildman–Crippen MR) is 56.2 cm³/mol. The number of hydrogen-bond donors (Lipinski definition) is 1. The van der Waals surface area contributed by atoms with E-state index >= 15 is 0 Å². The van der Waals surface area contributed by atoms with Crippen LogP contribution in [0, 0.1) is 0 Å². The fourth-order valence-corrected chi connectivity index (χ4v) is 1.34. The SMILES string of the molecule is C/C=C/NC(CCC)CCCC. The van der Waals surface area contributed by atoms with Crippen molar-refractivity contribution in [1.29, 1.82) is 0 Å². The molecule has 0 aromatic heterocycles. The van der Waals surface area contributed by atoms with Gasteiger partial charge in [-0.15, -0.1) is 0 Å². The average Bonchev–Trinajstić information content (AvgIpc) is 2.10. The van der Waals surface area contributed by atoms with Crippen LogP contribution in [0.4, 0.5) is 0 Å². The lowest BCUT2D eigenvalue weighted by Crippen LogP contribution is -2.23. The van der Waals surface area contributed by atoms with E-state index < -0.39 is 0 Å². The summed E-state index contributed by atoms with van der Waals surface area (Å²) in [6.45, 7) is 6.55. The van der Waals surface area contributed by atoms with Crippen LogP contribution >= 0.6 is 0 Å². The zero-order valence-electron chi connectivity index (χ0n) is 8.77. The minimum Gasteiger partial charge on any atom is -0.388 e. The molecule has 72 valence electrons. The van der Waals surface area contributed by atoms with E-state index in [0.717, 1.165) is 0 Å². The summed E-state index contributed by atoms with van der Waals surface area (Å²) in [5.41, 5.74) is 0. The van der Waals surface area contributed by atoms with Crippen molar-refractivity contribution in [3.8, 4) is 0 Å². The Balaban J connectivity index is 3.53. The fraction of sp³-hybridized carbons (Fsp3) is 0.818. The van der Waals surface area contributed by atoms with E-state index in [9.17, 15) is 0 Å². The van der Waals surface area contributed by atoms with Gasteiger partial charge in [-0.25, -0.2) is 0 Å². The fourth-order valence-electron chi connectivity index (χ4n) is 1.34. The molecule has 0 amide bonds. The standard InChI is InChI=1S/C11H23N/c1-4-7-9-11(8-5-2)12-10-6-3/h6,10-12H,4-5,7-9H2,1-3H3/b10-6+. The average molecular weight is 169 g/mol. The molecule has 1 unspecified atom stereocenters. The molecular formula is C11H23N.